The minimum absolute atomic E-state index is 0.167. The SMILES string of the molecule is O=C(CN1C(=O)CCC1=O)Nc1cc(N2CCOCC2)ncn1. The van der Waals surface area contributed by atoms with Gasteiger partial charge in [-0.05, 0) is 0 Å². The number of ether oxygens (including phenoxy) is 1. The molecule has 0 saturated carbocycles. The van der Waals surface area contributed by atoms with E-state index in [2.05, 4.69) is 15.3 Å². The second-order valence-electron chi connectivity index (χ2n) is 5.28. The van der Waals surface area contributed by atoms with Crippen LogP contribution in [0.5, 0.6) is 0 Å². The number of carbonyl (C=O) groups excluding carboxylic acids is 3. The van der Waals surface area contributed by atoms with Gasteiger partial charge in [0.2, 0.25) is 17.7 Å². The zero-order valence-corrected chi connectivity index (χ0v) is 12.5. The molecule has 0 atom stereocenters. The fraction of sp³-hybridized carbons (Fsp3) is 0.500. The quantitative estimate of drug-likeness (QED) is 0.739. The highest BCUT2D eigenvalue weighted by molar-refractivity contribution is 6.06. The first-order valence-corrected chi connectivity index (χ1v) is 7.41. The average Bonchev–Trinajstić information content (AvgIpc) is 2.88. The molecule has 2 aliphatic heterocycles. The van der Waals surface area contributed by atoms with Crippen LogP contribution in [0.15, 0.2) is 12.4 Å². The van der Waals surface area contributed by atoms with E-state index in [-0.39, 0.29) is 31.2 Å². The third-order valence-electron chi connectivity index (χ3n) is 3.71. The lowest BCUT2D eigenvalue weighted by Gasteiger charge is -2.27. The van der Waals surface area contributed by atoms with Crippen LogP contribution in [0.25, 0.3) is 0 Å². The number of carbonyl (C=O) groups is 3. The molecule has 1 aromatic rings. The Hall–Kier alpha value is -2.55. The average molecular weight is 319 g/mol. The summed E-state index contributed by atoms with van der Waals surface area (Å²) in [5, 5.41) is 2.60. The van der Waals surface area contributed by atoms with Gasteiger partial charge in [-0.15, -0.1) is 0 Å². The standard InChI is InChI=1S/C14H17N5O4/c20-12(8-19-13(21)1-2-14(19)22)17-10-7-11(16-9-15-10)18-3-5-23-6-4-18/h7,9H,1-6,8H2,(H,15,16,17,20). The number of aromatic nitrogens is 2. The Bertz CT molecular complexity index is 613. The van der Waals surface area contributed by atoms with Crippen LogP contribution in [0.2, 0.25) is 0 Å². The van der Waals surface area contributed by atoms with Gasteiger partial charge in [-0.2, -0.15) is 0 Å². The third-order valence-corrected chi connectivity index (χ3v) is 3.71. The van der Waals surface area contributed by atoms with Crippen molar-refractivity contribution in [1.82, 2.24) is 14.9 Å². The molecule has 0 aromatic carbocycles. The van der Waals surface area contributed by atoms with Crippen molar-refractivity contribution in [3.8, 4) is 0 Å². The van der Waals surface area contributed by atoms with Crippen LogP contribution < -0.4 is 10.2 Å². The maximum Gasteiger partial charge on any atom is 0.245 e. The number of hydrogen-bond donors (Lipinski definition) is 1. The Morgan fingerprint density at radius 1 is 1.17 bits per heavy atom. The second-order valence-corrected chi connectivity index (χ2v) is 5.28. The Morgan fingerprint density at radius 3 is 2.57 bits per heavy atom. The van der Waals surface area contributed by atoms with Gasteiger partial charge in [0.05, 0.1) is 13.2 Å². The van der Waals surface area contributed by atoms with Crippen molar-refractivity contribution in [3.63, 3.8) is 0 Å². The van der Waals surface area contributed by atoms with Crippen molar-refractivity contribution < 1.29 is 19.1 Å². The molecule has 2 aliphatic rings. The summed E-state index contributed by atoms with van der Waals surface area (Å²) in [6.45, 7) is 2.42. The maximum absolute atomic E-state index is 12.0. The Morgan fingerprint density at radius 2 is 1.87 bits per heavy atom. The maximum atomic E-state index is 12.0. The molecule has 0 aliphatic carbocycles. The highest BCUT2D eigenvalue weighted by Gasteiger charge is 2.30. The summed E-state index contributed by atoms with van der Waals surface area (Å²) in [6, 6.07) is 1.66. The molecule has 0 radical (unpaired) electrons. The van der Waals surface area contributed by atoms with Crippen molar-refractivity contribution in [2.24, 2.45) is 0 Å². The van der Waals surface area contributed by atoms with E-state index in [4.69, 9.17) is 4.74 Å². The zero-order valence-electron chi connectivity index (χ0n) is 12.5. The number of rotatable bonds is 4. The van der Waals surface area contributed by atoms with Gasteiger partial charge in [0.25, 0.3) is 0 Å². The topological polar surface area (TPSA) is 105 Å². The molecule has 122 valence electrons. The number of hydrogen-bond acceptors (Lipinski definition) is 7. The fourth-order valence-corrected chi connectivity index (χ4v) is 2.51. The van der Waals surface area contributed by atoms with Crippen LogP contribution in [0, 0.1) is 0 Å². The lowest BCUT2D eigenvalue weighted by molar-refractivity contribution is -0.141. The molecule has 2 saturated heterocycles. The first-order valence-electron chi connectivity index (χ1n) is 7.41. The van der Waals surface area contributed by atoms with E-state index in [0.29, 0.717) is 24.8 Å². The van der Waals surface area contributed by atoms with Crippen LogP contribution in [-0.2, 0) is 19.1 Å². The molecule has 0 unspecified atom stereocenters. The Balaban J connectivity index is 1.62. The summed E-state index contributed by atoms with van der Waals surface area (Å²) < 4.78 is 5.29. The van der Waals surface area contributed by atoms with Gasteiger partial charge in [-0.25, -0.2) is 9.97 Å². The van der Waals surface area contributed by atoms with Crippen molar-refractivity contribution in [1.29, 1.82) is 0 Å². The summed E-state index contributed by atoms with van der Waals surface area (Å²) in [6.07, 6.45) is 1.70. The molecule has 23 heavy (non-hydrogen) atoms. The summed E-state index contributed by atoms with van der Waals surface area (Å²) in [7, 11) is 0. The summed E-state index contributed by atoms with van der Waals surface area (Å²) in [5.74, 6) is -0.0542. The number of nitrogens with zero attached hydrogens (tertiary/aromatic N) is 4. The molecular weight excluding hydrogens is 302 g/mol. The van der Waals surface area contributed by atoms with Gasteiger partial charge in [0, 0.05) is 32.0 Å². The van der Waals surface area contributed by atoms with Crippen LogP contribution in [-0.4, -0.2) is 65.4 Å². The highest BCUT2D eigenvalue weighted by atomic mass is 16.5. The van der Waals surface area contributed by atoms with Crippen molar-refractivity contribution >= 4 is 29.4 Å². The minimum Gasteiger partial charge on any atom is -0.378 e. The van der Waals surface area contributed by atoms with E-state index in [0.717, 1.165) is 18.0 Å². The minimum atomic E-state index is -0.458. The molecule has 1 aromatic heterocycles. The molecule has 2 fully saturated rings. The largest absolute Gasteiger partial charge is 0.378 e. The molecule has 1 N–H and O–H groups in total. The van der Waals surface area contributed by atoms with Gasteiger partial charge >= 0.3 is 0 Å². The first-order chi connectivity index (χ1) is 11.1. The summed E-state index contributed by atoms with van der Waals surface area (Å²) >= 11 is 0. The highest BCUT2D eigenvalue weighted by Crippen LogP contribution is 2.16. The van der Waals surface area contributed by atoms with Gasteiger partial charge < -0.3 is 15.0 Å². The third kappa shape index (κ3) is 3.62. The number of likely N-dealkylation sites (tertiary alicyclic amines) is 1. The van der Waals surface area contributed by atoms with E-state index in [1.54, 1.807) is 6.07 Å². The van der Waals surface area contributed by atoms with E-state index in [9.17, 15) is 14.4 Å². The monoisotopic (exact) mass is 319 g/mol. The molecule has 3 heterocycles. The first kappa shape index (κ1) is 15.3. The van der Waals surface area contributed by atoms with Gasteiger partial charge in [0.15, 0.2) is 0 Å². The number of amides is 3. The predicted molar refractivity (Wildman–Crippen MR) is 79.6 cm³/mol. The summed E-state index contributed by atoms with van der Waals surface area (Å²) in [5.41, 5.74) is 0. The zero-order chi connectivity index (χ0) is 16.2. The van der Waals surface area contributed by atoms with Crippen molar-refractivity contribution in [2.45, 2.75) is 12.8 Å². The number of nitrogens with one attached hydrogen (secondary N) is 1. The van der Waals surface area contributed by atoms with Crippen molar-refractivity contribution in [2.75, 3.05) is 43.1 Å². The lowest BCUT2D eigenvalue weighted by Crippen LogP contribution is -2.37. The Kier molecular flexibility index (Phi) is 4.47. The molecule has 3 rings (SSSR count). The molecule has 9 heteroatoms. The van der Waals surface area contributed by atoms with Crippen LogP contribution >= 0.6 is 0 Å². The normalized spacial score (nSPS) is 18.4. The Labute approximate surface area is 132 Å². The van der Waals surface area contributed by atoms with Crippen LogP contribution in [0.1, 0.15) is 12.8 Å². The number of morpholine rings is 1. The molecule has 3 amide bonds. The van der Waals surface area contributed by atoms with Gasteiger partial charge in [0.1, 0.15) is 24.5 Å². The lowest BCUT2D eigenvalue weighted by atomic mass is 10.4. The molecule has 0 spiro atoms. The van der Waals surface area contributed by atoms with Gasteiger partial charge in [-0.1, -0.05) is 0 Å². The van der Waals surface area contributed by atoms with E-state index in [1.165, 1.54) is 6.33 Å². The van der Waals surface area contributed by atoms with Crippen LogP contribution in [0.4, 0.5) is 11.6 Å². The number of anilines is 2. The fourth-order valence-electron chi connectivity index (χ4n) is 2.51. The molecule has 0 bridgehead atoms. The second kappa shape index (κ2) is 6.69. The van der Waals surface area contributed by atoms with Gasteiger partial charge in [-0.3, -0.25) is 19.3 Å². The van der Waals surface area contributed by atoms with E-state index >= 15 is 0 Å². The van der Waals surface area contributed by atoms with Crippen molar-refractivity contribution in [3.05, 3.63) is 12.4 Å². The number of imide groups is 1. The van der Waals surface area contributed by atoms with E-state index in [1.807, 2.05) is 4.90 Å². The molecular formula is C14H17N5O4. The van der Waals surface area contributed by atoms with E-state index < -0.39 is 5.91 Å². The predicted octanol–water partition coefficient (Wildman–Crippen LogP) is -0.599. The summed E-state index contributed by atoms with van der Waals surface area (Å²) in [4.78, 5) is 46.2. The molecule has 9 nitrogen and oxygen atoms in total. The smallest absolute Gasteiger partial charge is 0.245 e. The van der Waals surface area contributed by atoms with Crippen LogP contribution in [0.3, 0.4) is 0 Å².